The predicted octanol–water partition coefficient (Wildman–Crippen LogP) is -0.0469. The van der Waals surface area contributed by atoms with Crippen molar-refractivity contribution in [1.29, 1.82) is 0 Å². The molecule has 0 aromatic heterocycles. The second kappa shape index (κ2) is 4.45. The summed E-state index contributed by atoms with van der Waals surface area (Å²) in [4.78, 5) is 3.01. The number of nitrogens with one attached hydrogen (secondary N) is 2. The summed E-state index contributed by atoms with van der Waals surface area (Å²) in [5, 5.41) is 0. The van der Waals surface area contributed by atoms with Gasteiger partial charge in [-0.3, -0.25) is 0 Å². The minimum Gasteiger partial charge on any atom is -0.206 e. The average Bonchev–Trinajstić information content (AvgIpc) is 2.16. The van der Waals surface area contributed by atoms with Crippen LogP contribution >= 0.6 is 10.7 Å². The molecule has 0 heterocycles. The molecule has 1 aromatic carbocycles. The first kappa shape index (κ1) is 12.4. The molecule has 0 unspecified atom stereocenters. The van der Waals surface area contributed by atoms with Crippen molar-refractivity contribution < 1.29 is 16.8 Å². The Kier molecular flexibility index (Phi) is 3.68. The van der Waals surface area contributed by atoms with E-state index in [1.54, 1.807) is 10.9 Å². The van der Waals surface area contributed by atoms with Crippen molar-refractivity contribution in [3.05, 3.63) is 30.3 Å². The fourth-order valence-corrected chi connectivity index (χ4v) is 2.52. The van der Waals surface area contributed by atoms with Crippen LogP contribution in [0.5, 0.6) is 0 Å². The minimum absolute atomic E-state index is 0.0715. The third kappa shape index (κ3) is 4.14. The maximum absolute atomic E-state index is 11.4. The summed E-state index contributed by atoms with van der Waals surface area (Å²) >= 11 is 0. The zero-order valence-electron chi connectivity index (χ0n) is 7.21. The van der Waals surface area contributed by atoms with Gasteiger partial charge in [-0.2, -0.15) is 8.42 Å². The second-order valence-corrected chi connectivity index (χ2v) is 6.44. The number of hydrogen-bond donors (Lipinski definition) is 2. The van der Waals surface area contributed by atoms with E-state index in [9.17, 15) is 16.8 Å². The summed E-state index contributed by atoms with van der Waals surface area (Å²) in [5.74, 6) is 0. The highest BCUT2D eigenvalue weighted by atomic mass is 35.7. The van der Waals surface area contributed by atoms with Crippen LogP contribution in [0.4, 0.5) is 0 Å². The Morgan fingerprint density at radius 3 is 1.93 bits per heavy atom. The van der Waals surface area contributed by atoms with Crippen molar-refractivity contribution in [2.75, 3.05) is 0 Å². The lowest BCUT2D eigenvalue weighted by Gasteiger charge is -2.04. The number of hydrogen-bond acceptors (Lipinski definition) is 4. The molecule has 0 aliphatic heterocycles. The largest absolute Gasteiger partial charge is 0.310 e. The fourth-order valence-electron chi connectivity index (χ4n) is 0.763. The van der Waals surface area contributed by atoms with E-state index >= 15 is 0 Å². The highest BCUT2D eigenvalue weighted by Gasteiger charge is 2.15. The highest BCUT2D eigenvalue weighted by Crippen LogP contribution is 2.06. The van der Waals surface area contributed by atoms with Crippen molar-refractivity contribution >= 4 is 29.9 Å². The molecule has 9 heteroatoms. The van der Waals surface area contributed by atoms with Crippen molar-refractivity contribution in [3.8, 4) is 0 Å². The molecule has 0 saturated heterocycles. The third-order valence-electron chi connectivity index (χ3n) is 1.35. The molecule has 0 bridgehead atoms. The molecule has 1 aromatic rings. The van der Waals surface area contributed by atoms with Gasteiger partial charge in [0.05, 0.1) is 4.90 Å². The molecule has 0 spiro atoms. The van der Waals surface area contributed by atoms with E-state index in [-0.39, 0.29) is 4.90 Å². The lowest BCUT2D eigenvalue weighted by atomic mass is 10.4. The Morgan fingerprint density at radius 1 is 0.933 bits per heavy atom. The predicted molar refractivity (Wildman–Crippen MR) is 54.7 cm³/mol. The zero-order valence-corrected chi connectivity index (χ0v) is 9.60. The van der Waals surface area contributed by atoms with E-state index < -0.39 is 19.3 Å². The zero-order chi connectivity index (χ0) is 11.5. The van der Waals surface area contributed by atoms with Gasteiger partial charge < -0.3 is 0 Å². The molecule has 0 aliphatic rings. The SMILES string of the molecule is O=S(=O)(Cl)NNS(=O)(=O)c1ccccc1. The maximum atomic E-state index is 11.4. The van der Waals surface area contributed by atoms with Crippen LogP contribution in [0.3, 0.4) is 0 Å². The molecule has 0 radical (unpaired) electrons. The minimum atomic E-state index is -4.13. The van der Waals surface area contributed by atoms with Crippen molar-refractivity contribution in [1.82, 2.24) is 9.66 Å². The van der Waals surface area contributed by atoms with Crippen LogP contribution in [0.15, 0.2) is 35.2 Å². The van der Waals surface area contributed by atoms with Gasteiger partial charge in [-0.1, -0.05) is 18.2 Å². The monoisotopic (exact) mass is 270 g/mol. The molecule has 0 saturated carbocycles. The Balaban J connectivity index is 2.87. The maximum Gasteiger partial charge on any atom is 0.310 e. The Labute approximate surface area is 91.8 Å². The smallest absolute Gasteiger partial charge is 0.206 e. The van der Waals surface area contributed by atoms with Gasteiger partial charge in [0.15, 0.2) is 0 Å². The van der Waals surface area contributed by atoms with E-state index in [2.05, 4.69) is 0 Å². The number of sulfonamides is 1. The normalized spacial score (nSPS) is 12.6. The van der Waals surface area contributed by atoms with Crippen molar-refractivity contribution in [3.63, 3.8) is 0 Å². The summed E-state index contributed by atoms with van der Waals surface area (Å²) in [7, 11) is -3.29. The molecule has 1 rings (SSSR count). The van der Waals surface area contributed by atoms with E-state index in [4.69, 9.17) is 10.7 Å². The Morgan fingerprint density at radius 2 is 1.47 bits per heavy atom. The molecular formula is C6H7ClN2O4S2. The molecule has 84 valence electrons. The molecule has 6 nitrogen and oxygen atoms in total. The van der Waals surface area contributed by atoms with E-state index in [1.165, 1.54) is 29.1 Å². The number of rotatable bonds is 4. The van der Waals surface area contributed by atoms with Gasteiger partial charge in [-0.25, -0.2) is 8.42 Å². The van der Waals surface area contributed by atoms with Gasteiger partial charge in [0, 0.05) is 10.7 Å². The summed E-state index contributed by atoms with van der Waals surface area (Å²) < 4.78 is 43.6. The first-order valence-corrected chi connectivity index (χ1v) is 7.39. The summed E-state index contributed by atoms with van der Waals surface area (Å²) in [6, 6.07) is 7.26. The van der Waals surface area contributed by atoms with Gasteiger partial charge in [-0.05, 0) is 12.1 Å². The average molecular weight is 271 g/mol. The molecule has 0 atom stereocenters. The van der Waals surface area contributed by atoms with Crippen LogP contribution < -0.4 is 9.66 Å². The molecule has 15 heavy (non-hydrogen) atoms. The lowest BCUT2D eigenvalue weighted by Crippen LogP contribution is -2.39. The Hall–Kier alpha value is -0.670. The number of halogens is 1. The van der Waals surface area contributed by atoms with Crippen LogP contribution in [0.25, 0.3) is 0 Å². The summed E-state index contributed by atoms with van der Waals surface area (Å²) in [6.07, 6.45) is 0. The highest BCUT2D eigenvalue weighted by molar-refractivity contribution is 8.12. The summed E-state index contributed by atoms with van der Waals surface area (Å²) in [5.41, 5.74) is 0. The molecule has 2 N–H and O–H groups in total. The van der Waals surface area contributed by atoms with Crippen molar-refractivity contribution in [2.24, 2.45) is 0 Å². The first-order valence-electron chi connectivity index (χ1n) is 3.59. The van der Waals surface area contributed by atoms with Gasteiger partial charge in [0.25, 0.3) is 10.0 Å². The van der Waals surface area contributed by atoms with Gasteiger partial charge in [0.1, 0.15) is 0 Å². The molecule has 0 amide bonds. The third-order valence-corrected chi connectivity index (χ3v) is 3.32. The van der Waals surface area contributed by atoms with Gasteiger partial charge in [-0.15, -0.1) is 9.66 Å². The van der Waals surface area contributed by atoms with Crippen LogP contribution in [0.2, 0.25) is 0 Å². The molecular weight excluding hydrogens is 264 g/mol. The van der Waals surface area contributed by atoms with Crippen LogP contribution in [0, 0.1) is 0 Å². The Bertz CT molecular complexity index is 526. The second-order valence-electron chi connectivity index (χ2n) is 2.46. The summed E-state index contributed by atoms with van der Waals surface area (Å²) in [6.45, 7) is 0. The van der Waals surface area contributed by atoms with Crippen LogP contribution in [-0.4, -0.2) is 16.8 Å². The van der Waals surface area contributed by atoms with Gasteiger partial charge in [0.2, 0.25) is 0 Å². The van der Waals surface area contributed by atoms with Crippen LogP contribution in [0.1, 0.15) is 0 Å². The van der Waals surface area contributed by atoms with Crippen LogP contribution in [-0.2, 0) is 19.3 Å². The lowest BCUT2D eigenvalue weighted by molar-refractivity contribution is 0.565. The quantitative estimate of drug-likeness (QED) is 0.593. The van der Waals surface area contributed by atoms with E-state index in [0.29, 0.717) is 0 Å². The molecule has 0 fully saturated rings. The van der Waals surface area contributed by atoms with E-state index in [0.717, 1.165) is 0 Å². The van der Waals surface area contributed by atoms with E-state index in [1.807, 2.05) is 0 Å². The van der Waals surface area contributed by atoms with Gasteiger partial charge >= 0.3 is 9.24 Å². The topological polar surface area (TPSA) is 92.3 Å². The van der Waals surface area contributed by atoms with Crippen molar-refractivity contribution in [2.45, 2.75) is 4.90 Å². The molecule has 0 aliphatic carbocycles. The number of hydrazine groups is 1. The first-order chi connectivity index (χ1) is 6.81. The number of benzene rings is 1. The standard InChI is InChI=1S/C6H7ClN2O4S2/c7-15(12,13)9-8-14(10,11)6-4-2-1-3-5-6/h1-5,8-9H. The fraction of sp³-hybridized carbons (Fsp3) is 0.